The highest BCUT2D eigenvalue weighted by molar-refractivity contribution is 5.94. The molecule has 0 aliphatic heterocycles. The Morgan fingerprint density at radius 2 is 2.15 bits per heavy atom. The molecule has 0 unspecified atom stereocenters. The fraction of sp³-hybridized carbons (Fsp3) is 0.222. The molecular formula is C9H11NO3. The largest absolute Gasteiger partial charge is 0.508 e. The zero-order chi connectivity index (χ0) is 9.84. The molecule has 0 aromatic heterocycles. The molecule has 70 valence electrons. The zero-order valence-electron chi connectivity index (χ0n) is 7.50. The van der Waals surface area contributed by atoms with Gasteiger partial charge in [-0.3, -0.25) is 9.63 Å². The van der Waals surface area contributed by atoms with Gasteiger partial charge in [0.25, 0.3) is 5.91 Å². The molecule has 0 aliphatic carbocycles. The third-order valence-corrected chi connectivity index (χ3v) is 1.52. The summed E-state index contributed by atoms with van der Waals surface area (Å²) in [4.78, 5) is 15.7. The number of aromatic hydroxyl groups is 1. The van der Waals surface area contributed by atoms with Gasteiger partial charge in [0.2, 0.25) is 0 Å². The van der Waals surface area contributed by atoms with Gasteiger partial charge in [-0.15, -0.1) is 0 Å². The smallest absolute Gasteiger partial charge is 0.274 e. The summed E-state index contributed by atoms with van der Waals surface area (Å²) in [6.45, 7) is 1.79. The summed E-state index contributed by atoms with van der Waals surface area (Å²) >= 11 is 0. The number of phenols is 1. The van der Waals surface area contributed by atoms with Gasteiger partial charge in [-0.25, -0.2) is 5.48 Å². The highest BCUT2D eigenvalue weighted by atomic mass is 16.6. The number of hydrogen-bond donors (Lipinski definition) is 2. The Morgan fingerprint density at radius 1 is 1.46 bits per heavy atom. The van der Waals surface area contributed by atoms with Gasteiger partial charge >= 0.3 is 0 Å². The van der Waals surface area contributed by atoms with Crippen molar-refractivity contribution in [3.63, 3.8) is 0 Å². The fourth-order valence-corrected chi connectivity index (χ4v) is 1.05. The molecule has 0 aliphatic rings. The van der Waals surface area contributed by atoms with E-state index in [0.717, 1.165) is 5.56 Å². The van der Waals surface area contributed by atoms with Gasteiger partial charge in [-0.1, -0.05) is 0 Å². The van der Waals surface area contributed by atoms with Crippen LogP contribution in [0.25, 0.3) is 0 Å². The Morgan fingerprint density at radius 3 is 2.69 bits per heavy atom. The Bertz CT molecular complexity index is 302. The summed E-state index contributed by atoms with van der Waals surface area (Å²) in [7, 11) is 1.35. The zero-order valence-corrected chi connectivity index (χ0v) is 7.50. The number of nitrogens with one attached hydrogen (secondary N) is 1. The topological polar surface area (TPSA) is 58.6 Å². The molecule has 0 radical (unpaired) electrons. The van der Waals surface area contributed by atoms with Crippen LogP contribution >= 0.6 is 0 Å². The van der Waals surface area contributed by atoms with Gasteiger partial charge in [-0.05, 0) is 30.7 Å². The minimum atomic E-state index is -0.374. The number of rotatable bonds is 2. The summed E-state index contributed by atoms with van der Waals surface area (Å²) in [5, 5.41) is 9.19. The number of aryl methyl sites for hydroxylation is 1. The molecule has 2 N–H and O–H groups in total. The Labute approximate surface area is 76.1 Å². The van der Waals surface area contributed by atoms with E-state index in [2.05, 4.69) is 10.3 Å². The number of carbonyl (C=O) groups is 1. The van der Waals surface area contributed by atoms with Crippen molar-refractivity contribution in [2.45, 2.75) is 6.92 Å². The van der Waals surface area contributed by atoms with E-state index < -0.39 is 0 Å². The Balaban J connectivity index is 2.94. The molecule has 0 heterocycles. The average molecular weight is 181 g/mol. The first-order chi connectivity index (χ1) is 6.13. The maximum atomic E-state index is 11.2. The quantitative estimate of drug-likeness (QED) is 0.669. The normalized spacial score (nSPS) is 9.69. The van der Waals surface area contributed by atoms with E-state index in [4.69, 9.17) is 0 Å². The lowest BCUT2D eigenvalue weighted by molar-refractivity contribution is 0.0537. The molecule has 0 spiro atoms. The molecule has 1 aromatic carbocycles. The van der Waals surface area contributed by atoms with Crippen LogP contribution in [0.1, 0.15) is 15.9 Å². The molecule has 0 atom stereocenters. The molecule has 1 amide bonds. The van der Waals surface area contributed by atoms with Gasteiger partial charge in [-0.2, -0.15) is 0 Å². The summed E-state index contributed by atoms with van der Waals surface area (Å²) < 4.78 is 0. The van der Waals surface area contributed by atoms with Crippen LogP contribution in [-0.4, -0.2) is 18.1 Å². The number of phenolic OH excluding ortho intramolecular Hbond substituents is 1. The molecular weight excluding hydrogens is 170 g/mol. The minimum Gasteiger partial charge on any atom is -0.508 e. The van der Waals surface area contributed by atoms with Crippen LogP contribution in [-0.2, 0) is 4.84 Å². The predicted molar refractivity (Wildman–Crippen MR) is 47.3 cm³/mol. The van der Waals surface area contributed by atoms with E-state index in [-0.39, 0.29) is 11.7 Å². The maximum Gasteiger partial charge on any atom is 0.274 e. The van der Waals surface area contributed by atoms with Crippen molar-refractivity contribution in [2.24, 2.45) is 0 Å². The van der Waals surface area contributed by atoms with E-state index in [0.29, 0.717) is 5.56 Å². The van der Waals surface area contributed by atoms with Gasteiger partial charge in [0.05, 0.1) is 7.11 Å². The van der Waals surface area contributed by atoms with E-state index in [1.165, 1.54) is 13.2 Å². The number of hydroxylamine groups is 1. The molecule has 0 saturated carbocycles. The third-order valence-electron chi connectivity index (χ3n) is 1.52. The van der Waals surface area contributed by atoms with Gasteiger partial charge < -0.3 is 5.11 Å². The third kappa shape index (κ3) is 2.45. The van der Waals surface area contributed by atoms with Crippen LogP contribution in [0.15, 0.2) is 18.2 Å². The van der Waals surface area contributed by atoms with Crippen LogP contribution in [0.4, 0.5) is 0 Å². The van der Waals surface area contributed by atoms with Crippen molar-refractivity contribution in [1.29, 1.82) is 0 Å². The van der Waals surface area contributed by atoms with Crippen LogP contribution in [0.2, 0.25) is 0 Å². The van der Waals surface area contributed by atoms with Crippen LogP contribution in [0, 0.1) is 6.92 Å². The SMILES string of the molecule is CONC(=O)c1cc(C)cc(O)c1. The van der Waals surface area contributed by atoms with E-state index in [9.17, 15) is 9.90 Å². The summed E-state index contributed by atoms with van der Waals surface area (Å²) in [5.74, 6) is -0.303. The second-order valence-electron chi connectivity index (χ2n) is 2.69. The van der Waals surface area contributed by atoms with E-state index in [1.807, 2.05) is 0 Å². The molecule has 4 heteroatoms. The average Bonchev–Trinajstić information content (AvgIpc) is 2.03. The van der Waals surface area contributed by atoms with Crippen molar-refractivity contribution < 1.29 is 14.7 Å². The number of benzene rings is 1. The summed E-state index contributed by atoms with van der Waals surface area (Å²) in [5.41, 5.74) is 3.36. The van der Waals surface area contributed by atoms with Gasteiger partial charge in [0.1, 0.15) is 5.75 Å². The van der Waals surface area contributed by atoms with Crippen molar-refractivity contribution >= 4 is 5.91 Å². The van der Waals surface area contributed by atoms with Crippen LogP contribution in [0.3, 0.4) is 0 Å². The lowest BCUT2D eigenvalue weighted by Crippen LogP contribution is -2.21. The van der Waals surface area contributed by atoms with Crippen LogP contribution < -0.4 is 5.48 Å². The van der Waals surface area contributed by atoms with E-state index in [1.54, 1.807) is 19.1 Å². The molecule has 1 rings (SSSR count). The molecule has 0 saturated heterocycles. The van der Waals surface area contributed by atoms with Gasteiger partial charge in [0, 0.05) is 5.56 Å². The second-order valence-corrected chi connectivity index (χ2v) is 2.69. The highest BCUT2D eigenvalue weighted by Crippen LogP contribution is 2.14. The monoisotopic (exact) mass is 181 g/mol. The first-order valence-electron chi connectivity index (χ1n) is 3.77. The highest BCUT2D eigenvalue weighted by Gasteiger charge is 2.06. The number of amides is 1. The molecule has 0 fully saturated rings. The lowest BCUT2D eigenvalue weighted by Gasteiger charge is -2.03. The minimum absolute atomic E-state index is 0.0706. The Hall–Kier alpha value is -1.55. The maximum absolute atomic E-state index is 11.2. The van der Waals surface area contributed by atoms with Crippen molar-refractivity contribution in [1.82, 2.24) is 5.48 Å². The molecule has 1 aromatic rings. The van der Waals surface area contributed by atoms with Crippen molar-refractivity contribution in [3.8, 4) is 5.75 Å². The molecule has 13 heavy (non-hydrogen) atoms. The Kier molecular flexibility index (Phi) is 2.87. The number of hydrogen-bond acceptors (Lipinski definition) is 3. The standard InChI is InChI=1S/C9H11NO3/c1-6-3-7(5-8(11)4-6)9(12)10-13-2/h3-5,11H,1-2H3,(H,10,12). The first kappa shape index (κ1) is 9.54. The molecule has 0 bridgehead atoms. The van der Waals surface area contributed by atoms with Gasteiger partial charge in [0.15, 0.2) is 0 Å². The predicted octanol–water partition coefficient (Wildman–Crippen LogP) is 0.992. The lowest BCUT2D eigenvalue weighted by atomic mass is 10.1. The number of carbonyl (C=O) groups excluding carboxylic acids is 1. The van der Waals surface area contributed by atoms with Crippen molar-refractivity contribution in [2.75, 3.05) is 7.11 Å². The molecule has 4 nitrogen and oxygen atoms in total. The van der Waals surface area contributed by atoms with E-state index >= 15 is 0 Å². The summed E-state index contributed by atoms with van der Waals surface area (Å²) in [6.07, 6.45) is 0. The second kappa shape index (κ2) is 3.91. The summed E-state index contributed by atoms with van der Waals surface area (Å²) in [6, 6.07) is 4.61. The van der Waals surface area contributed by atoms with Crippen LogP contribution in [0.5, 0.6) is 5.75 Å². The van der Waals surface area contributed by atoms with Crippen molar-refractivity contribution in [3.05, 3.63) is 29.3 Å². The fourth-order valence-electron chi connectivity index (χ4n) is 1.05. The first-order valence-corrected chi connectivity index (χ1v) is 3.77.